The molecule has 1 aliphatic heterocycles. The van der Waals surface area contributed by atoms with Crippen molar-refractivity contribution in [2.24, 2.45) is 7.05 Å². The molecule has 1 saturated carbocycles. The van der Waals surface area contributed by atoms with E-state index in [9.17, 15) is 4.79 Å². The summed E-state index contributed by atoms with van der Waals surface area (Å²) in [6.45, 7) is 7.13. The van der Waals surface area contributed by atoms with Crippen LogP contribution in [0.25, 0.3) is 0 Å². The lowest BCUT2D eigenvalue weighted by Crippen LogP contribution is -2.29. The highest BCUT2D eigenvalue weighted by molar-refractivity contribution is 5.94. The van der Waals surface area contributed by atoms with Gasteiger partial charge in [-0.3, -0.25) is 14.2 Å². The molecular weight excluding hydrogens is 330 g/mol. The summed E-state index contributed by atoms with van der Waals surface area (Å²) >= 11 is 0. The molecule has 7 heteroatoms. The van der Waals surface area contributed by atoms with Gasteiger partial charge in [0.05, 0.1) is 30.1 Å². The van der Waals surface area contributed by atoms with Crippen LogP contribution in [0.2, 0.25) is 0 Å². The third-order valence-corrected chi connectivity index (χ3v) is 5.30. The van der Waals surface area contributed by atoms with E-state index in [4.69, 9.17) is 4.74 Å². The Bertz CT molecular complexity index is 833. The fourth-order valence-corrected chi connectivity index (χ4v) is 3.92. The van der Waals surface area contributed by atoms with Crippen molar-refractivity contribution in [2.75, 3.05) is 0 Å². The third kappa shape index (κ3) is 3.05. The Hall–Kier alpha value is -2.15. The van der Waals surface area contributed by atoms with Gasteiger partial charge in [-0.05, 0) is 39.7 Å². The summed E-state index contributed by atoms with van der Waals surface area (Å²) < 4.78 is 9.60. The average Bonchev–Trinajstić information content (AvgIpc) is 3.27. The Morgan fingerprint density at radius 2 is 2.12 bits per heavy atom. The summed E-state index contributed by atoms with van der Waals surface area (Å²) in [6.07, 6.45) is 3.22. The zero-order chi connectivity index (χ0) is 18.4. The second-order valence-corrected chi connectivity index (χ2v) is 7.46. The quantitative estimate of drug-likeness (QED) is 0.892. The summed E-state index contributed by atoms with van der Waals surface area (Å²) in [6, 6.07) is 2.11. The van der Waals surface area contributed by atoms with Crippen molar-refractivity contribution in [3.8, 4) is 0 Å². The molecular formula is C19H27N5O2. The molecule has 1 amide bonds. The molecule has 2 aromatic rings. The predicted octanol–water partition coefficient (Wildman–Crippen LogP) is 2.47. The van der Waals surface area contributed by atoms with E-state index in [1.807, 2.05) is 32.5 Å². The molecule has 0 saturated heterocycles. The van der Waals surface area contributed by atoms with Gasteiger partial charge in [0.25, 0.3) is 5.91 Å². The van der Waals surface area contributed by atoms with Gasteiger partial charge in [-0.15, -0.1) is 0 Å². The van der Waals surface area contributed by atoms with Crippen LogP contribution < -0.4 is 5.32 Å². The van der Waals surface area contributed by atoms with Gasteiger partial charge in [0.2, 0.25) is 0 Å². The van der Waals surface area contributed by atoms with Crippen LogP contribution >= 0.6 is 0 Å². The standard InChI is InChI=1S/C19H27N5O2/c1-5-24-18(15-8-11(2)26-12(3)17(15)22-24)19(25)20-10-14-9-16(13-6-7-13)23(4)21-14/h9,11-13H,5-8,10H2,1-4H3,(H,20,25)/t11-,12+/m0/s1. The first kappa shape index (κ1) is 17.3. The lowest BCUT2D eigenvalue weighted by Gasteiger charge is -2.24. The highest BCUT2D eigenvalue weighted by Gasteiger charge is 2.32. The molecule has 0 radical (unpaired) electrons. The number of nitrogens with one attached hydrogen (secondary N) is 1. The van der Waals surface area contributed by atoms with E-state index in [0.717, 1.165) is 23.4 Å². The molecule has 1 N–H and O–H groups in total. The first-order valence-corrected chi connectivity index (χ1v) is 9.54. The highest BCUT2D eigenvalue weighted by atomic mass is 16.5. The van der Waals surface area contributed by atoms with E-state index in [1.165, 1.54) is 18.5 Å². The monoisotopic (exact) mass is 357 g/mol. The molecule has 1 fully saturated rings. The summed E-state index contributed by atoms with van der Waals surface area (Å²) in [7, 11) is 1.98. The average molecular weight is 357 g/mol. The molecule has 1 aliphatic carbocycles. The predicted molar refractivity (Wildman–Crippen MR) is 96.9 cm³/mol. The van der Waals surface area contributed by atoms with Crippen LogP contribution in [-0.2, 0) is 31.3 Å². The van der Waals surface area contributed by atoms with E-state index in [1.54, 1.807) is 4.68 Å². The Kier molecular flexibility index (Phi) is 4.34. The summed E-state index contributed by atoms with van der Waals surface area (Å²) in [4.78, 5) is 12.9. The van der Waals surface area contributed by atoms with Crippen LogP contribution in [0.5, 0.6) is 0 Å². The van der Waals surface area contributed by atoms with Crippen molar-refractivity contribution in [2.45, 2.75) is 71.2 Å². The van der Waals surface area contributed by atoms with Crippen LogP contribution in [0, 0.1) is 0 Å². The molecule has 0 bridgehead atoms. The van der Waals surface area contributed by atoms with Crippen molar-refractivity contribution in [1.82, 2.24) is 24.9 Å². The third-order valence-electron chi connectivity index (χ3n) is 5.30. The Labute approximate surface area is 153 Å². The highest BCUT2D eigenvalue weighted by Crippen LogP contribution is 2.40. The second-order valence-electron chi connectivity index (χ2n) is 7.46. The number of ether oxygens (including phenoxy) is 1. The molecule has 0 spiro atoms. The van der Waals surface area contributed by atoms with Crippen LogP contribution in [0.3, 0.4) is 0 Å². The number of hydrogen-bond donors (Lipinski definition) is 1. The zero-order valence-corrected chi connectivity index (χ0v) is 16.0. The molecule has 0 unspecified atom stereocenters. The van der Waals surface area contributed by atoms with E-state index in [2.05, 4.69) is 21.6 Å². The normalized spacial score (nSPS) is 22.3. The van der Waals surface area contributed by atoms with Crippen molar-refractivity contribution < 1.29 is 9.53 Å². The molecule has 0 aromatic carbocycles. The number of rotatable bonds is 5. The van der Waals surface area contributed by atoms with Crippen molar-refractivity contribution >= 4 is 5.91 Å². The molecule has 2 aromatic heterocycles. The first-order chi connectivity index (χ1) is 12.5. The SMILES string of the molecule is CCn1nc2c(c1C(=O)NCc1cc(C3CC3)n(C)n1)C[C@H](C)O[C@@H]2C. The number of fused-ring (bicyclic) bond motifs is 1. The summed E-state index contributed by atoms with van der Waals surface area (Å²) in [5, 5.41) is 12.2. The van der Waals surface area contributed by atoms with Gasteiger partial charge in [-0.25, -0.2) is 0 Å². The van der Waals surface area contributed by atoms with Gasteiger partial charge in [-0.1, -0.05) is 0 Å². The van der Waals surface area contributed by atoms with Crippen LogP contribution in [0.15, 0.2) is 6.07 Å². The maximum atomic E-state index is 12.9. The van der Waals surface area contributed by atoms with Crippen molar-refractivity contribution in [3.05, 3.63) is 34.4 Å². The van der Waals surface area contributed by atoms with Crippen molar-refractivity contribution in [3.63, 3.8) is 0 Å². The fourth-order valence-electron chi connectivity index (χ4n) is 3.92. The number of hydrogen-bond acceptors (Lipinski definition) is 4. The van der Waals surface area contributed by atoms with E-state index < -0.39 is 0 Å². The molecule has 3 heterocycles. The smallest absolute Gasteiger partial charge is 0.270 e. The van der Waals surface area contributed by atoms with Crippen LogP contribution in [0.4, 0.5) is 0 Å². The number of nitrogens with zero attached hydrogens (tertiary/aromatic N) is 4. The lowest BCUT2D eigenvalue weighted by atomic mass is 9.99. The maximum Gasteiger partial charge on any atom is 0.270 e. The molecule has 7 nitrogen and oxygen atoms in total. The van der Waals surface area contributed by atoms with Crippen LogP contribution in [0.1, 0.15) is 78.8 Å². The maximum absolute atomic E-state index is 12.9. The summed E-state index contributed by atoms with van der Waals surface area (Å²) in [5.41, 5.74) is 4.76. The lowest BCUT2D eigenvalue weighted by molar-refractivity contribution is -0.00712. The van der Waals surface area contributed by atoms with Gasteiger partial charge in [0.1, 0.15) is 5.69 Å². The minimum atomic E-state index is -0.0828. The minimum absolute atomic E-state index is 0.0787. The number of amides is 1. The summed E-state index contributed by atoms with van der Waals surface area (Å²) in [5.74, 6) is 0.564. The number of carbonyl (C=O) groups is 1. The molecule has 4 rings (SSSR count). The minimum Gasteiger partial charge on any atom is -0.369 e. The van der Waals surface area contributed by atoms with Crippen LogP contribution in [-0.4, -0.2) is 31.6 Å². The van der Waals surface area contributed by atoms with Gasteiger partial charge >= 0.3 is 0 Å². The Balaban J connectivity index is 1.53. The second kappa shape index (κ2) is 6.54. The topological polar surface area (TPSA) is 74.0 Å². The van der Waals surface area contributed by atoms with Gasteiger partial charge < -0.3 is 10.1 Å². The van der Waals surface area contributed by atoms with Gasteiger partial charge in [0.15, 0.2) is 0 Å². The number of aromatic nitrogens is 4. The largest absolute Gasteiger partial charge is 0.369 e. The van der Waals surface area contributed by atoms with E-state index in [0.29, 0.717) is 24.7 Å². The fraction of sp³-hybridized carbons (Fsp3) is 0.632. The molecule has 2 atom stereocenters. The first-order valence-electron chi connectivity index (χ1n) is 9.54. The Morgan fingerprint density at radius 3 is 2.81 bits per heavy atom. The van der Waals surface area contributed by atoms with Gasteiger partial charge in [0, 0.05) is 37.2 Å². The number of aryl methyl sites for hydroxylation is 2. The van der Waals surface area contributed by atoms with Crippen molar-refractivity contribution in [1.29, 1.82) is 0 Å². The number of carbonyl (C=O) groups excluding carboxylic acids is 1. The Morgan fingerprint density at radius 1 is 1.35 bits per heavy atom. The van der Waals surface area contributed by atoms with E-state index >= 15 is 0 Å². The van der Waals surface area contributed by atoms with E-state index in [-0.39, 0.29) is 18.1 Å². The molecule has 2 aliphatic rings. The zero-order valence-electron chi connectivity index (χ0n) is 16.0. The molecule has 140 valence electrons. The van der Waals surface area contributed by atoms with Gasteiger partial charge in [-0.2, -0.15) is 10.2 Å². The molecule has 26 heavy (non-hydrogen) atoms.